The fourth-order valence-electron chi connectivity index (χ4n) is 2.06. The van der Waals surface area contributed by atoms with E-state index in [9.17, 15) is 4.79 Å². The van der Waals surface area contributed by atoms with E-state index in [1.807, 2.05) is 78.9 Å². The number of benzene rings is 2. The lowest BCUT2D eigenvalue weighted by molar-refractivity contribution is -0.110. The Morgan fingerprint density at radius 3 is 1.50 bits per heavy atom. The number of carbonyl (C=O) groups is 1. The van der Waals surface area contributed by atoms with Gasteiger partial charge in [-0.05, 0) is 23.3 Å². The molecule has 3 heteroatoms. The van der Waals surface area contributed by atoms with Gasteiger partial charge in [0, 0.05) is 12.4 Å². The minimum Gasteiger partial charge on any atom is -0.348 e. The number of nitrogens with one attached hydrogen (secondary N) is 1. The number of nitrogens with zero attached hydrogens (tertiary/aromatic N) is 1. The molecule has 0 bridgehead atoms. The number of aromatic nitrogens is 1. The smallest absolute Gasteiger partial charge is 0.207 e. The highest BCUT2D eigenvalue weighted by molar-refractivity contribution is 5.50. The Balaban J connectivity index is 0.000000246. The van der Waals surface area contributed by atoms with Gasteiger partial charge in [-0.3, -0.25) is 9.78 Å². The molecule has 1 aromatic heterocycles. The molecule has 1 amide bonds. The van der Waals surface area contributed by atoms with Crippen LogP contribution in [-0.2, 0) is 4.79 Å². The summed E-state index contributed by atoms with van der Waals surface area (Å²) in [4.78, 5) is 14.4. The van der Waals surface area contributed by atoms with Crippen molar-refractivity contribution in [3.05, 3.63) is 102 Å². The molecule has 3 rings (SSSR count). The molecule has 110 valence electrons. The Kier molecular flexibility index (Phi) is 6.38. The molecule has 1 heterocycles. The fraction of sp³-hybridized carbons (Fsp3) is 0.0526. The normalized spacial score (nSPS) is 9.50. The van der Waals surface area contributed by atoms with Crippen LogP contribution in [0.3, 0.4) is 0 Å². The van der Waals surface area contributed by atoms with E-state index in [0.717, 1.165) is 17.5 Å². The minimum absolute atomic E-state index is 0.0695. The molecule has 2 aromatic carbocycles. The predicted octanol–water partition coefficient (Wildman–Crippen LogP) is 3.60. The zero-order chi connectivity index (χ0) is 15.5. The highest BCUT2D eigenvalue weighted by Crippen LogP contribution is 2.20. The Morgan fingerprint density at radius 2 is 1.18 bits per heavy atom. The molecule has 0 aliphatic heterocycles. The van der Waals surface area contributed by atoms with Crippen LogP contribution in [0.1, 0.15) is 17.2 Å². The molecule has 0 unspecified atom stereocenters. The van der Waals surface area contributed by atoms with Gasteiger partial charge < -0.3 is 5.32 Å². The summed E-state index contributed by atoms with van der Waals surface area (Å²) in [6, 6.07) is 25.5. The van der Waals surface area contributed by atoms with E-state index in [4.69, 9.17) is 0 Å². The number of hydrogen-bond donors (Lipinski definition) is 1. The van der Waals surface area contributed by atoms with E-state index in [1.54, 1.807) is 12.4 Å². The van der Waals surface area contributed by atoms with E-state index in [0.29, 0.717) is 0 Å². The van der Waals surface area contributed by atoms with E-state index in [2.05, 4.69) is 10.3 Å². The van der Waals surface area contributed by atoms with Crippen molar-refractivity contribution in [1.29, 1.82) is 0 Å². The largest absolute Gasteiger partial charge is 0.348 e. The Hall–Kier alpha value is -2.94. The summed E-state index contributed by atoms with van der Waals surface area (Å²) < 4.78 is 0. The van der Waals surface area contributed by atoms with E-state index in [-0.39, 0.29) is 6.04 Å². The van der Waals surface area contributed by atoms with Crippen LogP contribution in [0, 0.1) is 0 Å². The van der Waals surface area contributed by atoms with Crippen molar-refractivity contribution in [2.75, 3.05) is 0 Å². The lowest BCUT2D eigenvalue weighted by Crippen LogP contribution is -2.20. The number of hydrogen-bond acceptors (Lipinski definition) is 2. The first-order chi connectivity index (χ1) is 10.9. The number of carbonyl (C=O) groups excluding carboxylic acids is 1. The summed E-state index contributed by atoms with van der Waals surface area (Å²) >= 11 is 0. The van der Waals surface area contributed by atoms with Crippen LogP contribution in [0.15, 0.2) is 91.3 Å². The van der Waals surface area contributed by atoms with E-state index in [1.165, 1.54) is 0 Å². The highest BCUT2D eigenvalue weighted by atomic mass is 16.1. The van der Waals surface area contributed by atoms with Crippen molar-refractivity contribution in [3.63, 3.8) is 0 Å². The third-order valence-corrected chi connectivity index (χ3v) is 3.07. The molecule has 0 atom stereocenters. The van der Waals surface area contributed by atoms with Crippen LogP contribution < -0.4 is 5.32 Å². The van der Waals surface area contributed by atoms with Gasteiger partial charge in [0.15, 0.2) is 0 Å². The van der Waals surface area contributed by atoms with Crippen molar-refractivity contribution in [3.8, 4) is 0 Å². The third kappa shape index (κ3) is 4.87. The second-order valence-corrected chi connectivity index (χ2v) is 4.56. The summed E-state index contributed by atoms with van der Waals surface area (Å²) in [7, 11) is 0. The molecule has 0 aliphatic carbocycles. The number of rotatable bonds is 4. The van der Waals surface area contributed by atoms with E-state index < -0.39 is 0 Å². The SMILES string of the molecule is O=CNC(c1ccccc1)c1ccccc1.c1ccncc1. The fourth-order valence-corrected chi connectivity index (χ4v) is 2.06. The molecular formula is C19H18N2O. The highest BCUT2D eigenvalue weighted by Gasteiger charge is 2.11. The number of pyridine rings is 1. The molecule has 0 saturated carbocycles. The summed E-state index contributed by atoms with van der Waals surface area (Å²) in [6.07, 6.45) is 4.24. The maximum Gasteiger partial charge on any atom is 0.207 e. The van der Waals surface area contributed by atoms with Gasteiger partial charge in [0.2, 0.25) is 6.41 Å². The first-order valence-corrected chi connectivity index (χ1v) is 7.06. The molecule has 1 N–H and O–H groups in total. The topological polar surface area (TPSA) is 42.0 Å². The summed E-state index contributed by atoms with van der Waals surface area (Å²) in [5.41, 5.74) is 2.17. The minimum atomic E-state index is -0.0695. The Morgan fingerprint density at radius 1 is 0.727 bits per heavy atom. The van der Waals surface area contributed by atoms with Crippen LogP contribution in [0.25, 0.3) is 0 Å². The van der Waals surface area contributed by atoms with Gasteiger partial charge >= 0.3 is 0 Å². The van der Waals surface area contributed by atoms with Crippen LogP contribution in [0.4, 0.5) is 0 Å². The first kappa shape index (κ1) is 15.4. The van der Waals surface area contributed by atoms with Crippen LogP contribution in [0.5, 0.6) is 0 Å². The summed E-state index contributed by atoms with van der Waals surface area (Å²) in [5, 5.41) is 2.83. The second-order valence-electron chi connectivity index (χ2n) is 4.56. The first-order valence-electron chi connectivity index (χ1n) is 7.06. The van der Waals surface area contributed by atoms with Crippen LogP contribution in [-0.4, -0.2) is 11.4 Å². The van der Waals surface area contributed by atoms with Crippen LogP contribution >= 0.6 is 0 Å². The average molecular weight is 290 g/mol. The molecule has 0 spiro atoms. The number of amides is 1. The molecule has 0 saturated heterocycles. The zero-order valence-electron chi connectivity index (χ0n) is 12.2. The Bertz CT molecular complexity index is 576. The summed E-state index contributed by atoms with van der Waals surface area (Å²) in [6.45, 7) is 0. The van der Waals surface area contributed by atoms with Gasteiger partial charge in [-0.2, -0.15) is 0 Å². The lowest BCUT2D eigenvalue weighted by atomic mass is 9.99. The zero-order valence-corrected chi connectivity index (χ0v) is 12.2. The molecule has 22 heavy (non-hydrogen) atoms. The molecular weight excluding hydrogens is 272 g/mol. The maximum atomic E-state index is 10.7. The van der Waals surface area contributed by atoms with E-state index >= 15 is 0 Å². The third-order valence-electron chi connectivity index (χ3n) is 3.07. The van der Waals surface area contributed by atoms with Crippen molar-refractivity contribution in [2.45, 2.75) is 6.04 Å². The Labute approximate surface area is 130 Å². The quantitative estimate of drug-likeness (QED) is 0.746. The molecule has 3 nitrogen and oxygen atoms in total. The van der Waals surface area contributed by atoms with Crippen LogP contribution in [0.2, 0.25) is 0 Å². The summed E-state index contributed by atoms with van der Waals surface area (Å²) in [5.74, 6) is 0. The van der Waals surface area contributed by atoms with Gasteiger partial charge in [0.25, 0.3) is 0 Å². The molecule has 0 fully saturated rings. The molecule has 3 aromatic rings. The van der Waals surface area contributed by atoms with Gasteiger partial charge in [0.1, 0.15) is 0 Å². The van der Waals surface area contributed by atoms with Crippen molar-refractivity contribution >= 4 is 6.41 Å². The van der Waals surface area contributed by atoms with Crippen molar-refractivity contribution < 1.29 is 4.79 Å². The van der Waals surface area contributed by atoms with Gasteiger partial charge in [0.05, 0.1) is 6.04 Å². The van der Waals surface area contributed by atoms with Gasteiger partial charge in [-0.1, -0.05) is 66.7 Å². The predicted molar refractivity (Wildman–Crippen MR) is 88.2 cm³/mol. The monoisotopic (exact) mass is 290 g/mol. The van der Waals surface area contributed by atoms with Crippen molar-refractivity contribution in [1.82, 2.24) is 10.3 Å². The van der Waals surface area contributed by atoms with Gasteiger partial charge in [-0.25, -0.2) is 0 Å². The van der Waals surface area contributed by atoms with Crippen molar-refractivity contribution in [2.24, 2.45) is 0 Å². The molecule has 0 radical (unpaired) electrons. The standard InChI is InChI=1S/C14H13NO.C5H5N/c16-11-15-14(12-7-3-1-4-8-12)13-9-5-2-6-10-13;1-2-4-6-5-3-1/h1-11,14H,(H,15,16);1-5H. The average Bonchev–Trinajstić information content (AvgIpc) is 2.63. The van der Waals surface area contributed by atoms with Gasteiger partial charge in [-0.15, -0.1) is 0 Å². The molecule has 0 aliphatic rings. The second kappa shape index (κ2) is 9.08. The lowest BCUT2D eigenvalue weighted by Gasteiger charge is -2.16. The maximum absolute atomic E-state index is 10.7.